The van der Waals surface area contributed by atoms with Gasteiger partial charge < -0.3 is 9.72 Å². The number of benzene rings is 1. The molecule has 0 bridgehead atoms. The van der Waals surface area contributed by atoms with Crippen molar-refractivity contribution in [3.05, 3.63) is 30.0 Å². The lowest BCUT2D eigenvalue weighted by Gasteiger charge is -2.27. The zero-order valence-corrected chi connectivity index (χ0v) is 11.9. The first-order chi connectivity index (χ1) is 9.29. The third-order valence-corrected chi connectivity index (χ3v) is 4.77. The topological polar surface area (TPSA) is 25.0 Å². The number of methoxy groups -OCH3 is 1. The summed E-state index contributed by atoms with van der Waals surface area (Å²) < 4.78 is 5.36. The number of aromatic nitrogens is 1. The van der Waals surface area contributed by atoms with E-state index in [2.05, 4.69) is 30.2 Å². The molecule has 0 saturated heterocycles. The molecular formula is C17H23NO. The van der Waals surface area contributed by atoms with Crippen LogP contribution in [0.3, 0.4) is 0 Å². The number of ether oxygens (including phenoxy) is 1. The summed E-state index contributed by atoms with van der Waals surface area (Å²) in [5.74, 6) is 2.43. The molecule has 0 amide bonds. The highest BCUT2D eigenvalue weighted by molar-refractivity contribution is 5.85. The van der Waals surface area contributed by atoms with E-state index in [-0.39, 0.29) is 0 Å². The molecule has 1 saturated carbocycles. The van der Waals surface area contributed by atoms with Crippen molar-refractivity contribution in [3.63, 3.8) is 0 Å². The van der Waals surface area contributed by atoms with Crippen LogP contribution in [0.5, 0.6) is 5.75 Å². The van der Waals surface area contributed by atoms with Crippen LogP contribution in [0.15, 0.2) is 24.4 Å². The Morgan fingerprint density at radius 2 is 2.00 bits per heavy atom. The normalized spacial score (nSPS) is 18.6. The van der Waals surface area contributed by atoms with Crippen molar-refractivity contribution >= 4 is 10.9 Å². The Kier molecular flexibility index (Phi) is 3.50. The van der Waals surface area contributed by atoms with Gasteiger partial charge in [-0.1, -0.05) is 26.2 Å². The lowest BCUT2D eigenvalue weighted by atomic mass is 9.78. The van der Waals surface area contributed by atoms with Crippen LogP contribution < -0.4 is 4.74 Å². The van der Waals surface area contributed by atoms with E-state index in [1.165, 1.54) is 48.6 Å². The highest BCUT2D eigenvalue weighted by Crippen LogP contribution is 2.38. The quantitative estimate of drug-likeness (QED) is 0.834. The molecule has 1 aromatic carbocycles. The van der Waals surface area contributed by atoms with E-state index in [1.54, 1.807) is 7.11 Å². The molecule has 1 atom stereocenters. The van der Waals surface area contributed by atoms with Crippen molar-refractivity contribution in [2.45, 2.75) is 44.9 Å². The summed E-state index contributed by atoms with van der Waals surface area (Å²) >= 11 is 0. The summed E-state index contributed by atoms with van der Waals surface area (Å²) in [6.45, 7) is 2.39. The van der Waals surface area contributed by atoms with Crippen LogP contribution in [0.2, 0.25) is 0 Å². The van der Waals surface area contributed by atoms with Gasteiger partial charge >= 0.3 is 0 Å². The van der Waals surface area contributed by atoms with Gasteiger partial charge in [-0.3, -0.25) is 0 Å². The monoisotopic (exact) mass is 257 g/mol. The number of fused-ring (bicyclic) bond motifs is 1. The molecule has 2 heteroatoms. The smallest absolute Gasteiger partial charge is 0.119 e. The Morgan fingerprint density at radius 3 is 2.74 bits per heavy atom. The number of rotatable bonds is 3. The first-order valence-corrected chi connectivity index (χ1v) is 7.44. The SMILES string of the molecule is COc1ccc2[nH]cc(C(C)C3CCCCC3)c2c1. The second-order valence-corrected chi connectivity index (χ2v) is 5.84. The molecule has 2 nitrogen and oxygen atoms in total. The third-order valence-electron chi connectivity index (χ3n) is 4.77. The summed E-state index contributed by atoms with van der Waals surface area (Å²) in [6.07, 6.45) is 9.20. The Labute approximate surface area is 115 Å². The van der Waals surface area contributed by atoms with Gasteiger partial charge in [0.1, 0.15) is 5.75 Å². The van der Waals surface area contributed by atoms with Crippen LogP contribution in [-0.2, 0) is 0 Å². The molecule has 1 aliphatic rings. The zero-order valence-electron chi connectivity index (χ0n) is 11.9. The van der Waals surface area contributed by atoms with Crippen molar-refractivity contribution in [1.29, 1.82) is 0 Å². The van der Waals surface area contributed by atoms with Crippen LogP contribution >= 0.6 is 0 Å². The Morgan fingerprint density at radius 1 is 1.21 bits per heavy atom. The molecule has 102 valence electrons. The highest BCUT2D eigenvalue weighted by atomic mass is 16.5. The summed E-state index contributed by atoms with van der Waals surface area (Å²) in [5.41, 5.74) is 2.68. The number of H-pyrrole nitrogens is 1. The van der Waals surface area contributed by atoms with E-state index < -0.39 is 0 Å². The first kappa shape index (κ1) is 12.6. The van der Waals surface area contributed by atoms with Gasteiger partial charge in [0, 0.05) is 17.1 Å². The highest BCUT2D eigenvalue weighted by Gasteiger charge is 2.23. The molecule has 1 heterocycles. The molecule has 3 rings (SSSR count). The molecular weight excluding hydrogens is 234 g/mol. The minimum absolute atomic E-state index is 0.640. The fourth-order valence-corrected chi connectivity index (χ4v) is 3.51. The van der Waals surface area contributed by atoms with Gasteiger partial charge in [-0.15, -0.1) is 0 Å². The largest absolute Gasteiger partial charge is 0.497 e. The lowest BCUT2D eigenvalue weighted by Crippen LogP contribution is -2.13. The van der Waals surface area contributed by atoms with Gasteiger partial charge in [-0.25, -0.2) is 0 Å². The van der Waals surface area contributed by atoms with Crippen LogP contribution in [-0.4, -0.2) is 12.1 Å². The third kappa shape index (κ3) is 2.36. The van der Waals surface area contributed by atoms with Crippen molar-refractivity contribution in [3.8, 4) is 5.75 Å². The summed E-state index contributed by atoms with van der Waals surface area (Å²) in [7, 11) is 1.73. The lowest BCUT2D eigenvalue weighted by molar-refractivity contribution is 0.317. The summed E-state index contributed by atoms with van der Waals surface area (Å²) in [4.78, 5) is 3.40. The van der Waals surface area contributed by atoms with Crippen molar-refractivity contribution in [1.82, 2.24) is 4.98 Å². The molecule has 19 heavy (non-hydrogen) atoms. The number of hydrogen-bond acceptors (Lipinski definition) is 1. The summed E-state index contributed by atoms with van der Waals surface area (Å²) in [6, 6.07) is 6.31. The van der Waals surface area contributed by atoms with Gasteiger partial charge in [0.2, 0.25) is 0 Å². The van der Waals surface area contributed by atoms with Crippen LogP contribution in [0.1, 0.15) is 50.5 Å². The van der Waals surface area contributed by atoms with Crippen LogP contribution in [0, 0.1) is 5.92 Å². The van der Waals surface area contributed by atoms with Crippen LogP contribution in [0.4, 0.5) is 0 Å². The van der Waals surface area contributed by atoms with Gasteiger partial charge in [-0.2, -0.15) is 0 Å². The maximum atomic E-state index is 5.36. The van der Waals surface area contributed by atoms with E-state index in [9.17, 15) is 0 Å². The van der Waals surface area contributed by atoms with Gasteiger partial charge in [0.25, 0.3) is 0 Å². The van der Waals surface area contributed by atoms with Gasteiger partial charge in [0.05, 0.1) is 7.11 Å². The number of hydrogen-bond donors (Lipinski definition) is 1. The molecule has 1 aliphatic carbocycles. The standard InChI is InChI=1S/C17H23NO/c1-12(13-6-4-3-5-7-13)16-11-18-17-9-8-14(19-2)10-15(16)17/h8-13,18H,3-7H2,1-2H3. The molecule has 0 radical (unpaired) electrons. The van der Waals surface area contributed by atoms with E-state index in [1.807, 2.05) is 6.07 Å². The van der Waals surface area contributed by atoms with Crippen LogP contribution in [0.25, 0.3) is 10.9 Å². The summed E-state index contributed by atoms with van der Waals surface area (Å²) in [5, 5.41) is 1.33. The molecule has 1 fully saturated rings. The predicted molar refractivity (Wildman–Crippen MR) is 79.8 cm³/mol. The average molecular weight is 257 g/mol. The predicted octanol–water partition coefficient (Wildman–Crippen LogP) is 4.86. The second kappa shape index (κ2) is 5.28. The maximum Gasteiger partial charge on any atom is 0.119 e. The van der Waals surface area contributed by atoms with Crippen molar-refractivity contribution in [2.24, 2.45) is 5.92 Å². The Balaban J connectivity index is 1.94. The Hall–Kier alpha value is -1.44. The molecule has 1 N–H and O–H groups in total. The minimum Gasteiger partial charge on any atom is -0.497 e. The van der Waals surface area contributed by atoms with E-state index in [4.69, 9.17) is 4.74 Å². The molecule has 0 spiro atoms. The van der Waals surface area contributed by atoms with E-state index >= 15 is 0 Å². The van der Waals surface area contributed by atoms with E-state index in [0.29, 0.717) is 5.92 Å². The van der Waals surface area contributed by atoms with Crippen molar-refractivity contribution < 1.29 is 4.74 Å². The fraction of sp³-hybridized carbons (Fsp3) is 0.529. The average Bonchev–Trinajstić information content (AvgIpc) is 2.90. The number of nitrogens with one attached hydrogen (secondary N) is 1. The molecule has 2 aromatic rings. The minimum atomic E-state index is 0.640. The van der Waals surface area contributed by atoms with Gasteiger partial charge in [0.15, 0.2) is 0 Å². The maximum absolute atomic E-state index is 5.36. The molecule has 1 aromatic heterocycles. The van der Waals surface area contributed by atoms with Gasteiger partial charge in [-0.05, 0) is 48.4 Å². The van der Waals surface area contributed by atoms with E-state index in [0.717, 1.165) is 11.7 Å². The fourth-order valence-electron chi connectivity index (χ4n) is 3.51. The molecule has 1 unspecified atom stereocenters. The number of aromatic amines is 1. The zero-order chi connectivity index (χ0) is 13.2. The Bertz CT molecular complexity index is 551. The van der Waals surface area contributed by atoms with Crippen molar-refractivity contribution in [2.75, 3.05) is 7.11 Å². The second-order valence-electron chi connectivity index (χ2n) is 5.84. The first-order valence-electron chi connectivity index (χ1n) is 7.44. The molecule has 0 aliphatic heterocycles.